The quantitative estimate of drug-likeness (QED) is 0.531. The van der Waals surface area contributed by atoms with E-state index in [4.69, 9.17) is 13.7 Å². The molecule has 3 aromatic heterocycles. The first-order valence-corrected chi connectivity index (χ1v) is 8.31. The molecule has 0 spiro atoms. The summed E-state index contributed by atoms with van der Waals surface area (Å²) in [6.45, 7) is 0.0475. The fourth-order valence-corrected chi connectivity index (χ4v) is 2.62. The van der Waals surface area contributed by atoms with E-state index in [1.54, 1.807) is 42.7 Å². The molecule has 1 N–H and O–H groups in total. The third kappa shape index (κ3) is 3.75. The second-order valence-electron chi connectivity index (χ2n) is 5.81. The third-order valence-corrected chi connectivity index (χ3v) is 3.94. The molecule has 0 radical (unpaired) electrons. The van der Waals surface area contributed by atoms with Gasteiger partial charge in [-0.15, -0.1) is 0 Å². The number of carbonyl (C=O) groups excluding carboxylic acids is 1. The summed E-state index contributed by atoms with van der Waals surface area (Å²) < 4.78 is 28.7. The van der Waals surface area contributed by atoms with E-state index in [1.807, 2.05) is 0 Å². The molecule has 4 aromatic rings. The molecule has 0 unspecified atom stereocenters. The van der Waals surface area contributed by atoms with E-state index in [-0.39, 0.29) is 18.3 Å². The number of aromatic nitrogens is 2. The molecule has 0 fully saturated rings. The van der Waals surface area contributed by atoms with E-state index in [1.165, 1.54) is 24.7 Å². The lowest BCUT2D eigenvalue weighted by Crippen LogP contribution is -2.13. The van der Waals surface area contributed by atoms with E-state index in [9.17, 15) is 9.18 Å². The van der Waals surface area contributed by atoms with Crippen molar-refractivity contribution in [3.63, 3.8) is 0 Å². The predicted molar refractivity (Wildman–Crippen MR) is 97.6 cm³/mol. The fourth-order valence-electron chi connectivity index (χ4n) is 2.62. The van der Waals surface area contributed by atoms with Crippen molar-refractivity contribution in [2.75, 3.05) is 5.32 Å². The molecule has 4 rings (SSSR count). The van der Waals surface area contributed by atoms with Gasteiger partial charge in [0.25, 0.3) is 0 Å². The van der Waals surface area contributed by atoms with E-state index in [0.29, 0.717) is 22.4 Å². The van der Waals surface area contributed by atoms with Gasteiger partial charge in [-0.3, -0.25) is 10.3 Å². The number of amides is 1. The first-order valence-electron chi connectivity index (χ1n) is 8.31. The highest BCUT2D eigenvalue weighted by Crippen LogP contribution is 2.37. The van der Waals surface area contributed by atoms with Gasteiger partial charge in [-0.05, 0) is 48.0 Å². The molecule has 1 aromatic carbocycles. The summed E-state index contributed by atoms with van der Waals surface area (Å²) in [6.07, 6.45) is 5.48. The van der Waals surface area contributed by atoms with Gasteiger partial charge in [0.15, 0.2) is 0 Å². The lowest BCUT2D eigenvalue weighted by Gasteiger charge is -2.06. The second kappa shape index (κ2) is 7.75. The second-order valence-corrected chi connectivity index (χ2v) is 5.81. The molecule has 0 saturated carbocycles. The van der Waals surface area contributed by atoms with Gasteiger partial charge in [0.1, 0.15) is 18.1 Å². The van der Waals surface area contributed by atoms with Crippen LogP contribution in [0.5, 0.6) is 0 Å². The molecule has 140 valence electrons. The van der Waals surface area contributed by atoms with Gasteiger partial charge < -0.3 is 13.7 Å². The maximum atomic E-state index is 13.3. The molecular formula is C20H14FN3O4. The number of ether oxygens (including phenoxy) is 1. The summed E-state index contributed by atoms with van der Waals surface area (Å²) >= 11 is 0. The molecule has 7 nitrogen and oxygen atoms in total. The maximum absolute atomic E-state index is 13.3. The topological polar surface area (TPSA) is 90.4 Å². The lowest BCUT2D eigenvalue weighted by atomic mass is 10.0. The molecule has 0 aliphatic heterocycles. The Kier molecular flexibility index (Phi) is 4.83. The maximum Gasteiger partial charge on any atom is 0.414 e. The Balaban J connectivity index is 1.63. The average Bonchev–Trinajstić information content (AvgIpc) is 3.38. The van der Waals surface area contributed by atoms with Gasteiger partial charge >= 0.3 is 6.09 Å². The predicted octanol–water partition coefficient (Wildman–Crippen LogP) is 4.88. The number of nitrogens with zero attached hydrogens (tertiary/aromatic N) is 2. The number of benzene rings is 1. The van der Waals surface area contributed by atoms with Crippen LogP contribution < -0.4 is 5.32 Å². The van der Waals surface area contributed by atoms with Gasteiger partial charge in [0.05, 0.1) is 18.1 Å². The van der Waals surface area contributed by atoms with E-state index < -0.39 is 6.09 Å². The highest BCUT2D eigenvalue weighted by molar-refractivity contribution is 5.94. The zero-order chi connectivity index (χ0) is 19.3. The van der Waals surface area contributed by atoms with Crippen molar-refractivity contribution < 1.29 is 22.9 Å². The van der Waals surface area contributed by atoms with E-state index in [2.05, 4.69) is 15.5 Å². The number of hydrogen-bond acceptors (Lipinski definition) is 6. The molecule has 0 atom stereocenters. The number of furan rings is 1. The summed E-state index contributed by atoms with van der Waals surface area (Å²) in [7, 11) is 0. The Morgan fingerprint density at radius 2 is 1.86 bits per heavy atom. The van der Waals surface area contributed by atoms with Crippen LogP contribution in [0.2, 0.25) is 0 Å². The first kappa shape index (κ1) is 17.5. The van der Waals surface area contributed by atoms with Crippen molar-refractivity contribution in [2.45, 2.75) is 6.61 Å². The number of hydrogen-bond donors (Lipinski definition) is 1. The third-order valence-electron chi connectivity index (χ3n) is 3.94. The van der Waals surface area contributed by atoms with Crippen molar-refractivity contribution in [1.29, 1.82) is 0 Å². The zero-order valence-electron chi connectivity index (χ0n) is 14.5. The minimum absolute atomic E-state index is 0.0475. The number of rotatable bonds is 5. The van der Waals surface area contributed by atoms with Gasteiger partial charge in [-0.2, -0.15) is 0 Å². The van der Waals surface area contributed by atoms with Crippen LogP contribution in [0.4, 0.5) is 15.1 Å². The Morgan fingerprint density at radius 1 is 1.07 bits per heavy atom. The average molecular weight is 379 g/mol. The number of nitrogens with one attached hydrogen (secondary N) is 1. The van der Waals surface area contributed by atoms with Gasteiger partial charge in [0, 0.05) is 23.5 Å². The molecular weight excluding hydrogens is 365 g/mol. The van der Waals surface area contributed by atoms with Crippen LogP contribution >= 0.6 is 0 Å². The van der Waals surface area contributed by atoms with Crippen molar-refractivity contribution in [1.82, 2.24) is 10.1 Å². The van der Waals surface area contributed by atoms with Crippen LogP contribution in [-0.2, 0) is 11.3 Å². The number of anilines is 1. The SMILES string of the molecule is O=C(Nc1onc(-c2ccc(F)cc2)c1-c1ccncc1)OCc1ccoc1. The Labute approximate surface area is 158 Å². The normalized spacial score (nSPS) is 10.6. The minimum Gasteiger partial charge on any atom is -0.472 e. The highest BCUT2D eigenvalue weighted by Gasteiger charge is 2.21. The zero-order valence-corrected chi connectivity index (χ0v) is 14.5. The lowest BCUT2D eigenvalue weighted by molar-refractivity contribution is 0.154. The van der Waals surface area contributed by atoms with E-state index >= 15 is 0 Å². The van der Waals surface area contributed by atoms with Crippen LogP contribution in [-0.4, -0.2) is 16.2 Å². The standard InChI is InChI=1S/C20H14FN3O4/c21-16-3-1-15(2-4-16)18-17(14-5-8-22-9-6-14)19(28-24-18)23-20(25)27-12-13-7-10-26-11-13/h1-11H,12H2,(H,23,25). The Morgan fingerprint density at radius 3 is 2.57 bits per heavy atom. The molecule has 0 saturated heterocycles. The molecule has 1 amide bonds. The Bertz CT molecular complexity index is 1060. The van der Waals surface area contributed by atoms with Crippen molar-refractivity contribution in [2.24, 2.45) is 0 Å². The monoisotopic (exact) mass is 379 g/mol. The summed E-state index contributed by atoms with van der Waals surface area (Å²) in [4.78, 5) is 16.2. The largest absolute Gasteiger partial charge is 0.472 e. The van der Waals surface area contributed by atoms with Crippen molar-refractivity contribution in [3.05, 3.63) is 78.8 Å². The smallest absolute Gasteiger partial charge is 0.414 e. The van der Waals surface area contributed by atoms with Crippen LogP contribution in [0.1, 0.15) is 5.56 Å². The molecule has 28 heavy (non-hydrogen) atoms. The number of halogens is 1. The molecule has 0 aliphatic rings. The molecule has 0 aliphatic carbocycles. The van der Waals surface area contributed by atoms with Gasteiger partial charge in [-0.25, -0.2) is 9.18 Å². The first-order chi connectivity index (χ1) is 13.7. The summed E-state index contributed by atoms with van der Waals surface area (Å²) in [5.41, 5.74) is 3.07. The number of pyridine rings is 1. The van der Waals surface area contributed by atoms with Crippen molar-refractivity contribution in [3.8, 4) is 22.4 Å². The van der Waals surface area contributed by atoms with E-state index in [0.717, 1.165) is 5.56 Å². The van der Waals surface area contributed by atoms with Crippen molar-refractivity contribution >= 4 is 12.0 Å². The van der Waals surface area contributed by atoms with Gasteiger partial charge in [-0.1, -0.05) is 5.16 Å². The Hall–Kier alpha value is -3.94. The summed E-state index contributed by atoms with van der Waals surface area (Å²) in [5.74, 6) is -0.249. The molecule has 3 heterocycles. The van der Waals surface area contributed by atoms with Crippen LogP contribution in [0.15, 0.2) is 76.3 Å². The number of carbonyl (C=O) groups is 1. The van der Waals surface area contributed by atoms with Gasteiger partial charge in [0.2, 0.25) is 5.88 Å². The minimum atomic E-state index is -0.710. The van der Waals surface area contributed by atoms with Crippen LogP contribution in [0, 0.1) is 5.82 Å². The molecule has 0 bridgehead atoms. The summed E-state index contributed by atoms with van der Waals surface area (Å²) in [6, 6.07) is 11.0. The molecule has 8 heteroatoms. The highest BCUT2D eigenvalue weighted by atomic mass is 19.1. The fraction of sp³-hybridized carbons (Fsp3) is 0.0500. The van der Waals surface area contributed by atoms with Crippen LogP contribution in [0.3, 0.4) is 0 Å². The summed E-state index contributed by atoms with van der Waals surface area (Å²) in [5, 5.41) is 6.61. The van der Waals surface area contributed by atoms with Crippen LogP contribution in [0.25, 0.3) is 22.4 Å².